The number of thiophene rings is 1. The highest BCUT2D eigenvalue weighted by Gasteiger charge is 2.30. The van der Waals surface area contributed by atoms with Crippen LogP contribution in [-0.2, 0) is 14.6 Å². The van der Waals surface area contributed by atoms with E-state index in [2.05, 4.69) is 10.6 Å². The maximum Gasteiger partial charge on any atom is 0.391 e. The molecule has 0 amide bonds. The number of ether oxygens (including phenoxy) is 2. The Bertz CT molecular complexity index is 1720. The van der Waals surface area contributed by atoms with Gasteiger partial charge in [-0.1, -0.05) is 0 Å². The molecular formula is C24H28F3N8O7PS2. The van der Waals surface area contributed by atoms with E-state index < -0.39 is 72.9 Å². The van der Waals surface area contributed by atoms with Gasteiger partial charge in [-0.3, -0.25) is 10.8 Å². The Morgan fingerprint density at radius 1 is 1.02 bits per heavy atom. The molecule has 3 rings (SSSR count). The highest BCUT2D eigenvalue weighted by Crippen LogP contribution is 2.45. The predicted molar refractivity (Wildman–Crippen MR) is 159 cm³/mol. The first-order chi connectivity index (χ1) is 21.1. The fourth-order valence-corrected chi connectivity index (χ4v) is 7.47. The topological polar surface area (TPSA) is 259 Å². The first kappa shape index (κ1) is 35.2. The summed E-state index contributed by atoms with van der Waals surface area (Å²) >= 11 is 0.313. The van der Waals surface area contributed by atoms with E-state index in [1.807, 2.05) is 4.72 Å². The Hall–Kier alpha value is -4.28. The molecule has 3 aromatic rings. The second-order valence-corrected chi connectivity index (χ2v) is 13.8. The molecule has 10 N–H and O–H groups in total. The van der Waals surface area contributed by atoms with Crippen molar-refractivity contribution >= 4 is 51.0 Å². The van der Waals surface area contributed by atoms with Crippen molar-refractivity contribution in [2.45, 2.75) is 17.1 Å². The molecule has 45 heavy (non-hydrogen) atoms. The van der Waals surface area contributed by atoms with Gasteiger partial charge in [-0.15, -0.1) is 11.3 Å². The molecule has 0 spiro atoms. The smallest absolute Gasteiger partial charge is 0.391 e. The zero-order valence-corrected chi connectivity index (χ0v) is 25.7. The highest BCUT2D eigenvalue weighted by molar-refractivity contribution is 7.92. The van der Waals surface area contributed by atoms with Crippen molar-refractivity contribution in [3.05, 3.63) is 47.3 Å². The normalized spacial score (nSPS) is 12.6. The minimum Gasteiger partial charge on any atom is -0.487 e. The number of rotatable bonds is 16. The summed E-state index contributed by atoms with van der Waals surface area (Å²) in [5, 5.41) is 27.7. The minimum atomic E-state index is -4.77. The summed E-state index contributed by atoms with van der Waals surface area (Å²) in [7, 11) is -9.42. The Kier molecular flexibility index (Phi) is 11.8. The van der Waals surface area contributed by atoms with Crippen LogP contribution in [0.4, 0.5) is 13.2 Å². The third-order valence-corrected chi connectivity index (χ3v) is 9.81. The molecule has 0 aliphatic heterocycles. The molecule has 2 aromatic carbocycles. The third-order valence-electron chi connectivity index (χ3n) is 5.54. The summed E-state index contributed by atoms with van der Waals surface area (Å²) in [6.07, 6.45) is -0.763. The van der Waals surface area contributed by atoms with Gasteiger partial charge in [-0.05, 0) is 31.0 Å². The number of nitrogens with two attached hydrogens (primary N) is 2. The molecule has 0 saturated heterocycles. The number of nitrogens with zero attached hydrogens (tertiary/aromatic N) is 1. The number of benzene rings is 2. The van der Waals surface area contributed by atoms with Crippen LogP contribution in [0.2, 0.25) is 0 Å². The highest BCUT2D eigenvalue weighted by atomic mass is 32.2. The van der Waals surface area contributed by atoms with Crippen LogP contribution in [0, 0.1) is 39.6 Å². The Morgan fingerprint density at radius 2 is 1.60 bits per heavy atom. The number of guanidine groups is 2. The van der Waals surface area contributed by atoms with Gasteiger partial charge in [0.25, 0.3) is 10.0 Å². The maximum atomic E-state index is 15.7. The summed E-state index contributed by atoms with van der Waals surface area (Å²) in [5.74, 6) is -5.62. The molecular weight excluding hydrogens is 664 g/mol. The Balaban J connectivity index is 1.85. The van der Waals surface area contributed by atoms with E-state index in [0.29, 0.717) is 17.4 Å². The standard InChI is InChI=1S/C24H28F3N8O7PS2/c25-16-9-14(4-3-13(16)11-28)42-43(36,37)12-35-45(38,39)17-10-15-18(26)20(40-7-1-5-33-23(29)30)21(19(27)22(15)44-17)41-8-2-6-34-24(31)32/h3-4,9-10,35H,1-2,5-8,12H2,(H,36,37)(H4,29,30,33)(H4,31,32,34). The van der Waals surface area contributed by atoms with Crippen LogP contribution < -0.4 is 40.8 Å². The molecule has 0 fully saturated rings. The van der Waals surface area contributed by atoms with Crippen LogP contribution >= 0.6 is 18.9 Å². The van der Waals surface area contributed by atoms with Gasteiger partial charge >= 0.3 is 7.60 Å². The molecule has 0 saturated carbocycles. The summed E-state index contributed by atoms with van der Waals surface area (Å²) in [6.45, 7) is 0.0212. The van der Waals surface area contributed by atoms with Gasteiger partial charge in [0.2, 0.25) is 11.5 Å². The van der Waals surface area contributed by atoms with Gasteiger partial charge in [0.05, 0.1) is 23.5 Å². The van der Waals surface area contributed by atoms with Crippen molar-refractivity contribution in [2.24, 2.45) is 11.5 Å². The first-order valence-corrected chi connectivity index (χ1v) is 16.8. The maximum absolute atomic E-state index is 15.7. The molecule has 21 heteroatoms. The minimum absolute atomic E-state index is 0.169. The lowest BCUT2D eigenvalue weighted by molar-refractivity contribution is 0.246. The largest absolute Gasteiger partial charge is 0.487 e. The number of nitriles is 1. The SMILES string of the molecule is N#Cc1ccc(OP(=O)(O)CNS(=O)(=O)c2cc3c(F)c(OCCCNC(=N)N)c(OCCCNC(=N)N)c(F)c3s2)cc1F. The van der Waals surface area contributed by atoms with Crippen molar-refractivity contribution in [1.29, 1.82) is 16.1 Å². The van der Waals surface area contributed by atoms with E-state index in [9.17, 15) is 22.3 Å². The number of fused-ring (bicyclic) bond motifs is 1. The van der Waals surface area contributed by atoms with Crippen molar-refractivity contribution < 1.29 is 45.0 Å². The van der Waals surface area contributed by atoms with Crippen molar-refractivity contribution in [1.82, 2.24) is 15.4 Å². The molecule has 1 unspecified atom stereocenters. The number of nitrogens with one attached hydrogen (secondary N) is 5. The molecule has 15 nitrogen and oxygen atoms in total. The van der Waals surface area contributed by atoms with E-state index in [0.717, 1.165) is 18.2 Å². The molecule has 1 atom stereocenters. The van der Waals surface area contributed by atoms with Crippen molar-refractivity contribution in [3.63, 3.8) is 0 Å². The third kappa shape index (κ3) is 9.60. The van der Waals surface area contributed by atoms with E-state index in [4.69, 9.17) is 41.5 Å². The van der Waals surface area contributed by atoms with Crippen LogP contribution in [0.25, 0.3) is 10.1 Å². The van der Waals surface area contributed by atoms with Crippen molar-refractivity contribution in [2.75, 3.05) is 32.6 Å². The quantitative estimate of drug-likeness (QED) is 0.0465. The van der Waals surface area contributed by atoms with Crippen LogP contribution in [0.15, 0.2) is 28.5 Å². The number of sulfonamides is 1. The molecule has 244 valence electrons. The van der Waals surface area contributed by atoms with Crippen LogP contribution in [0.3, 0.4) is 0 Å². The molecule has 0 aliphatic rings. The lowest BCUT2D eigenvalue weighted by atomic mass is 10.2. The van der Waals surface area contributed by atoms with Gasteiger partial charge < -0.3 is 41.0 Å². The average Bonchev–Trinajstić information content (AvgIpc) is 3.42. The summed E-state index contributed by atoms with van der Waals surface area (Å²) in [5.41, 5.74) is 10.1. The van der Waals surface area contributed by atoms with Gasteiger partial charge in [0.1, 0.15) is 28.1 Å². The second kappa shape index (κ2) is 15.1. The fraction of sp³-hybridized carbons (Fsp3) is 0.292. The van der Waals surface area contributed by atoms with Gasteiger partial charge in [0, 0.05) is 24.5 Å². The predicted octanol–water partition coefficient (Wildman–Crippen LogP) is 2.19. The van der Waals surface area contributed by atoms with Gasteiger partial charge in [0.15, 0.2) is 23.6 Å². The average molecular weight is 693 g/mol. The fourth-order valence-electron chi connectivity index (χ4n) is 3.53. The van der Waals surface area contributed by atoms with E-state index in [1.54, 1.807) is 6.07 Å². The monoisotopic (exact) mass is 692 g/mol. The van der Waals surface area contributed by atoms with Crippen LogP contribution in [0.5, 0.6) is 17.2 Å². The summed E-state index contributed by atoms with van der Waals surface area (Å²) in [4.78, 5) is 10.1. The molecule has 0 radical (unpaired) electrons. The van der Waals surface area contributed by atoms with E-state index in [1.165, 1.54) is 0 Å². The number of halogens is 3. The molecule has 1 aromatic heterocycles. The zero-order chi connectivity index (χ0) is 33.4. The second-order valence-electron chi connectivity index (χ2n) is 8.97. The molecule has 0 aliphatic carbocycles. The van der Waals surface area contributed by atoms with Gasteiger partial charge in [-0.25, -0.2) is 26.2 Å². The number of hydrogen-bond donors (Lipinski definition) is 8. The van der Waals surface area contributed by atoms with E-state index >= 15 is 8.78 Å². The zero-order valence-electron chi connectivity index (χ0n) is 23.2. The summed E-state index contributed by atoms with van der Waals surface area (Å²) in [6, 6.07) is 5.08. The lowest BCUT2D eigenvalue weighted by Gasteiger charge is -2.15. The van der Waals surface area contributed by atoms with Crippen LogP contribution in [-0.4, -0.2) is 57.8 Å². The molecule has 1 heterocycles. The van der Waals surface area contributed by atoms with E-state index in [-0.39, 0.29) is 56.6 Å². The Labute approximate surface area is 258 Å². The van der Waals surface area contributed by atoms with Crippen LogP contribution in [0.1, 0.15) is 18.4 Å². The lowest BCUT2D eigenvalue weighted by Crippen LogP contribution is -2.31. The summed E-state index contributed by atoms with van der Waals surface area (Å²) < 4.78 is 100. The van der Waals surface area contributed by atoms with Gasteiger partial charge in [-0.2, -0.15) is 9.98 Å². The van der Waals surface area contributed by atoms with Crippen molar-refractivity contribution in [3.8, 4) is 23.3 Å². The Morgan fingerprint density at radius 3 is 2.13 bits per heavy atom. The number of hydrogen-bond acceptors (Lipinski definition) is 10. The first-order valence-electron chi connectivity index (χ1n) is 12.7. The molecule has 0 bridgehead atoms.